The highest BCUT2D eigenvalue weighted by Gasteiger charge is 2.54. The number of amides is 2. The van der Waals surface area contributed by atoms with E-state index in [1.807, 2.05) is 6.92 Å². The molecule has 2 saturated carbocycles. The van der Waals surface area contributed by atoms with E-state index in [0.717, 1.165) is 25.7 Å². The number of carbonyl (C=O) groups is 2. The Morgan fingerprint density at radius 1 is 1.08 bits per heavy atom. The van der Waals surface area contributed by atoms with E-state index in [4.69, 9.17) is 14.2 Å². The summed E-state index contributed by atoms with van der Waals surface area (Å²) in [6, 6.07) is 7.07. The molecule has 0 unspecified atom stereocenters. The van der Waals surface area contributed by atoms with Crippen LogP contribution in [0.3, 0.4) is 0 Å². The van der Waals surface area contributed by atoms with Gasteiger partial charge >= 0.3 is 0 Å². The molecular formula is C29H46N2O6. The highest BCUT2D eigenvalue weighted by atomic mass is 16.5. The molecule has 2 amide bonds. The molecule has 2 fully saturated rings. The lowest BCUT2D eigenvalue weighted by molar-refractivity contribution is -0.151. The Bertz CT molecular complexity index is 885. The molecule has 0 aliphatic heterocycles. The van der Waals surface area contributed by atoms with Gasteiger partial charge in [-0.1, -0.05) is 20.8 Å². The quantitative estimate of drug-likeness (QED) is 0.466. The SMILES string of the molecule is COCCN(CCOC)C(=O)[C@@H](C)[C@H]1CC[C@@]2(C)CC[C@H](NC(=O)c3ccc(OC)cc3)[C@@H](C)[C@@H]2[C@H]1O. The van der Waals surface area contributed by atoms with Gasteiger partial charge in [0.2, 0.25) is 5.91 Å². The van der Waals surface area contributed by atoms with E-state index in [0.29, 0.717) is 37.6 Å². The Morgan fingerprint density at radius 2 is 1.68 bits per heavy atom. The maximum absolute atomic E-state index is 13.5. The van der Waals surface area contributed by atoms with Crippen molar-refractivity contribution in [3.63, 3.8) is 0 Å². The zero-order valence-electron chi connectivity index (χ0n) is 23.4. The summed E-state index contributed by atoms with van der Waals surface area (Å²) in [5.74, 6) is 0.282. The second-order valence-electron chi connectivity index (χ2n) is 11.2. The van der Waals surface area contributed by atoms with Gasteiger partial charge in [-0.2, -0.15) is 0 Å². The molecule has 0 aromatic heterocycles. The van der Waals surface area contributed by atoms with E-state index in [1.54, 1.807) is 50.5 Å². The molecule has 8 heteroatoms. The highest BCUT2D eigenvalue weighted by molar-refractivity contribution is 5.94. The average molecular weight is 519 g/mol. The van der Waals surface area contributed by atoms with E-state index in [9.17, 15) is 14.7 Å². The molecule has 2 aliphatic carbocycles. The molecule has 0 spiro atoms. The molecule has 37 heavy (non-hydrogen) atoms. The Labute approximate surface area is 222 Å². The van der Waals surface area contributed by atoms with Gasteiger partial charge in [0.25, 0.3) is 5.91 Å². The Hall–Kier alpha value is -2.16. The van der Waals surface area contributed by atoms with Gasteiger partial charge < -0.3 is 29.5 Å². The van der Waals surface area contributed by atoms with Crippen LogP contribution in [0.5, 0.6) is 5.75 Å². The smallest absolute Gasteiger partial charge is 0.251 e. The van der Waals surface area contributed by atoms with Crippen molar-refractivity contribution in [2.45, 2.75) is 58.6 Å². The number of nitrogens with one attached hydrogen (secondary N) is 1. The molecule has 7 atom stereocenters. The van der Waals surface area contributed by atoms with Gasteiger partial charge in [-0.25, -0.2) is 0 Å². The first kappa shape index (κ1) is 29.4. The lowest BCUT2D eigenvalue weighted by Gasteiger charge is -2.56. The first-order valence-corrected chi connectivity index (χ1v) is 13.6. The predicted molar refractivity (Wildman–Crippen MR) is 142 cm³/mol. The van der Waals surface area contributed by atoms with Gasteiger partial charge in [-0.05, 0) is 73.1 Å². The number of nitrogens with zero attached hydrogens (tertiary/aromatic N) is 1. The standard InChI is InChI=1S/C29H46N2O6/c1-19(28(34)31(15-17-35-4)16-18-36-5)23-11-13-29(3)14-12-24(20(2)25(29)26(23)32)30-27(33)21-7-9-22(37-6)10-8-21/h7-10,19-20,23-26,32H,11-18H2,1-6H3,(H,30,33)/t19-,20+,23+,24-,25+,26-,29-/m0/s1. The number of hydrogen-bond donors (Lipinski definition) is 2. The van der Waals surface area contributed by atoms with Crippen LogP contribution in [0.15, 0.2) is 24.3 Å². The molecule has 208 valence electrons. The normalized spacial score (nSPS) is 30.2. The molecule has 2 aliphatic rings. The van der Waals surface area contributed by atoms with Gasteiger partial charge in [0.1, 0.15) is 5.75 Å². The fourth-order valence-corrected chi connectivity index (χ4v) is 6.70. The van der Waals surface area contributed by atoms with Crippen molar-refractivity contribution in [3.8, 4) is 5.75 Å². The van der Waals surface area contributed by atoms with E-state index >= 15 is 0 Å². The van der Waals surface area contributed by atoms with Crippen molar-refractivity contribution in [2.75, 3.05) is 47.6 Å². The van der Waals surface area contributed by atoms with Gasteiger partial charge in [0, 0.05) is 44.8 Å². The van der Waals surface area contributed by atoms with Crippen LogP contribution in [0, 0.1) is 29.1 Å². The number of rotatable bonds is 11. The number of fused-ring (bicyclic) bond motifs is 1. The average Bonchev–Trinajstić information content (AvgIpc) is 2.90. The predicted octanol–water partition coefficient (Wildman–Crippen LogP) is 3.37. The van der Waals surface area contributed by atoms with Gasteiger partial charge in [-0.3, -0.25) is 9.59 Å². The first-order chi connectivity index (χ1) is 17.7. The van der Waals surface area contributed by atoms with Crippen molar-refractivity contribution in [1.29, 1.82) is 0 Å². The van der Waals surface area contributed by atoms with Crippen LogP contribution in [0.4, 0.5) is 0 Å². The summed E-state index contributed by atoms with van der Waals surface area (Å²) in [5, 5.41) is 15.0. The van der Waals surface area contributed by atoms with Gasteiger partial charge in [-0.15, -0.1) is 0 Å². The van der Waals surface area contributed by atoms with Crippen molar-refractivity contribution < 1.29 is 28.9 Å². The molecule has 0 bridgehead atoms. The Morgan fingerprint density at radius 3 is 2.24 bits per heavy atom. The number of ether oxygens (including phenoxy) is 3. The van der Waals surface area contributed by atoms with Crippen LogP contribution in [0.1, 0.15) is 56.8 Å². The summed E-state index contributed by atoms with van der Waals surface area (Å²) in [5.41, 5.74) is 0.584. The third-order valence-corrected chi connectivity index (χ3v) is 9.03. The number of carbonyl (C=O) groups excluding carboxylic acids is 2. The molecule has 0 saturated heterocycles. The molecule has 1 aromatic rings. The second-order valence-corrected chi connectivity index (χ2v) is 11.2. The Balaban J connectivity index is 1.72. The van der Waals surface area contributed by atoms with E-state index in [1.165, 1.54) is 0 Å². The number of aliphatic hydroxyl groups excluding tert-OH is 1. The highest BCUT2D eigenvalue weighted by Crippen LogP contribution is 2.55. The topological polar surface area (TPSA) is 97.3 Å². The zero-order valence-corrected chi connectivity index (χ0v) is 23.4. The second kappa shape index (κ2) is 13.1. The van der Waals surface area contributed by atoms with E-state index < -0.39 is 6.10 Å². The summed E-state index contributed by atoms with van der Waals surface area (Å²) >= 11 is 0. The summed E-state index contributed by atoms with van der Waals surface area (Å²) in [7, 11) is 4.86. The minimum atomic E-state index is -0.611. The molecular weight excluding hydrogens is 472 g/mol. The molecule has 0 heterocycles. The molecule has 1 aromatic carbocycles. The fraction of sp³-hybridized carbons (Fsp3) is 0.724. The largest absolute Gasteiger partial charge is 0.497 e. The van der Waals surface area contributed by atoms with Crippen LogP contribution in [-0.2, 0) is 14.3 Å². The zero-order chi connectivity index (χ0) is 27.2. The fourth-order valence-electron chi connectivity index (χ4n) is 6.70. The monoisotopic (exact) mass is 518 g/mol. The van der Waals surface area contributed by atoms with Crippen LogP contribution in [-0.4, -0.2) is 81.6 Å². The van der Waals surface area contributed by atoms with Crippen LogP contribution >= 0.6 is 0 Å². The number of hydrogen-bond acceptors (Lipinski definition) is 6. The van der Waals surface area contributed by atoms with Crippen molar-refractivity contribution in [3.05, 3.63) is 29.8 Å². The Kier molecular flexibility index (Phi) is 10.4. The van der Waals surface area contributed by atoms with Crippen LogP contribution in [0.2, 0.25) is 0 Å². The summed E-state index contributed by atoms with van der Waals surface area (Å²) in [6.07, 6.45) is 3.00. The van der Waals surface area contributed by atoms with Gasteiger partial charge in [0.05, 0.1) is 26.4 Å². The molecule has 0 radical (unpaired) electrons. The van der Waals surface area contributed by atoms with Gasteiger partial charge in [0.15, 0.2) is 0 Å². The van der Waals surface area contributed by atoms with Crippen LogP contribution < -0.4 is 10.1 Å². The van der Waals surface area contributed by atoms with Crippen molar-refractivity contribution in [2.24, 2.45) is 29.1 Å². The van der Waals surface area contributed by atoms with E-state index in [-0.39, 0.29) is 46.9 Å². The minimum Gasteiger partial charge on any atom is -0.497 e. The maximum atomic E-state index is 13.5. The van der Waals surface area contributed by atoms with Crippen molar-refractivity contribution in [1.82, 2.24) is 10.2 Å². The summed E-state index contributed by atoms with van der Waals surface area (Å²) in [6.45, 7) is 8.28. The summed E-state index contributed by atoms with van der Waals surface area (Å²) in [4.78, 5) is 28.3. The third kappa shape index (κ3) is 6.65. The minimum absolute atomic E-state index is 0.00261. The number of aliphatic hydroxyl groups is 1. The lowest BCUT2D eigenvalue weighted by atomic mass is 9.51. The molecule has 3 rings (SSSR count). The number of benzene rings is 1. The summed E-state index contributed by atoms with van der Waals surface area (Å²) < 4.78 is 15.6. The van der Waals surface area contributed by atoms with Crippen LogP contribution in [0.25, 0.3) is 0 Å². The lowest BCUT2D eigenvalue weighted by Crippen LogP contribution is -2.58. The molecule has 2 N–H and O–H groups in total. The van der Waals surface area contributed by atoms with E-state index in [2.05, 4.69) is 19.2 Å². The number of methoxy groups -OCH3 is 3. The van der Waals surface area contributed by atoms with Crippen molar-refractivity contribution >= 4 is 11.8 Å². The third-order valence-electron chi connectivity index (χ3n) is 9.03. The maximum Gasteiger partial charge on any atom is 0.251 e. The molecule has 8 nitrogen and oxygen atoms in total. The first-order valence-electron chi connectivity index (χ1n) is 13.6.